The van der Waals surface area contributed by atoms with Crippen molar-refractivity contribution in [2.45, 2.75) is 38.3 Å². The zero-order valence-corrected chi connectivity index (χ0v) is 19.4. The van der Waals surface area contributed by atoms with Crippen LogP contribution >= 0.6 is 0 Å². The molecule has 174 valence electrons. The average molecular weight is 451 g/mol. The van der Waals surface area contributed by atoms with Gasteiger partial charge >= 0.3 is 6.03 Å². The summed E-state index contributed by atoms with van der Waals surface area (Å²) in [6, 6.07) is 5.73. The van der Waals surface area contributed by atoms with E-state index in [4.69, 9.17) is 9.47 Å². The van der Waals surface area contributed by atoms with Gasteiger partial charge in [-0.1, -0.05) is 6.08 Å². The summed E-state index contributed by atoms with van der Waals surface area (Å²) < 4.78 is 11.1. The Labute approximate surface area is 193 Å². The highest BCUT2D eigenvalue weighted by Crippen LogP contribution is 2.46. The number of urea groups is 1. The number of nitrogens with one attached hydrogen (secondary N) is 1. The van der Waals surface area contributed by atoms with Crippen molar-refractivity contribution >= 4 is 11.9 Å². The molecule has 0 saturated carbocycles. The van der Waals surface area contributed by atoms with Crippen LogP contribution in [0.1, 0.15) is 41.3 Å². The monoisotopic (exact) mass is 450 g/mol. The zero-order chi connectivity index (χ0) is 23.2. The summed E-state index contributed by atoms with van der Waals surface area (Å²) in [5.41, 5.74) is 3.47. The topological polar surface area (TPSA) is 78.1 Å². The van der Waals surface area contributed by atoms with Gasteiger partial charge in [-0.2, -0.15) is 0 Å². The molecule has 33 heavy (non-hydrogen) atoms. The molecule has 3 aliphatic heterocycles. The van der Waals surface area contributed by atoms with E-state index >= 15 is 0 Å². The van der Waals surface area contributed by atoms with Gasteiger partial charge in [-0.05, 0) is 43.9 Å². The molecule has 3 aliphatic rings. The van der Waals surface area contributed by atoms with Gasteiger partial charge in [0.05, 0.1) is 31.9 Å². The van der Waals surface area contributed by atoms with Crippen molar-refractivity contribution in [3.05, 3.63) is 59.1 Å². The van der Waals surface area contributed by atoms with E-state index in [9.17, 15) is 9.59 Å². The largest absolute Gasteiger partial charge is 0.497 e. The molecule has 8 heteroatoms. The molecule has 0 unspecified atom stereocenters. The summed E-state index contributed by atoms with van der Waals surface area (Å²) in [6.07, 6.45) is 7.83. The number of hydrogen-bond acceptors (Lipinski definition) is 4. The Balaban J connectivity index is 1.47. The van der Waals surface area contributed by atoms with Crippen LogP contribution in [0.15, 0.2) is 42.4 Å². The van der Waals surface area contributed by atoms with Crippen LogP contribution in [0.2, 0.25) is 0 Å². The minimum Gasteiger partial charge on any atom is -0.497 e. The SMILES string of the molecule is CCN1C(=O)N2Cc3cc(OC)cc(OC)c3CC=C2C12CCN(C(=O)c1cc[nH]c1)CC2. The lowest BCUT2D eigenvalue weighted by Gasteiger charge is -2.44. The van der Waals surface area contributed by atoms with Crippen LogP contribution in [0, 0.1) is 0 Å². The molecule has 3 amide bonds. The van der Waals surface area contributed by atoms with Gasteiger partial charge in [0.1, 0.15) is 11.5 Å². The summed E-state index contributed by atoms with van der Waals surface area (Å²) >= 11 is 0. The Morgan fingerprint density at radius 3 is 2.61 bits per heavy atom. The molecule has 0 aliphatic carbocycles. The van der Waals surface area contributed by atoms with E-state index in [0.29, 0.717) is 38.2 Å². The molecule has 2 fully saturated rings. The lowest BCUT2D eigenvalue weighted by molar-refractivity contribution is 0.0576. The number of likely N-dealkylation sites (tertiary alicyclic amines) is 1. The van der Waals surface area contributed by atoms with E-state index in [-0.39, 0.29) is 17.5 Å². The van der Waals surface area contributed by atoms with Crippen molar-refractivity contribution in [1.82, 2.24) is 19.7 Å². The predicted octanol–water partition coefficient (Wildman–Crippen LogP) is 3.40. The second-order valence-electron chi connectivity index (χ2n) is 8.80. The number of H-pyrrole nitrogens is 1. The molecule has 1 spiro atoms. The molecule has 2 aromatic rings. The van der Waals surface area contributed by atoms with Gasteiger partial charge in [0, 0.05) is 49.4 Å². The molecule has 0 atom stereocenters. The van der Waals surface area contributed by atoms with Gasteiger partial charge in [0.15, 0.2) is 0 Å². The lowest BCUT2D eigenvalue weighted by atomic mass is 9.83. The number of ether oxygens (including phenoxy) is 2. The van der Waals surface area contributed by atoms with Crippen molar-refractivity contribution < 1.29 is 19.1 Å². The maximum absolute atomic E-state index is 13.6. The third kappa shape index (κ3) is 3.27. The molecule has 4 heterocycles. The number of aromatic amines is 1. The molecule has 5 rings (SSSR count). The summed E-state index contributed by atoms with van der Waals surface area (Å²) in [5.74, 6) is 1.54. The highest BCUT2D eigenvalue weighted by molar-refractivity contribution is 5.94. The standard InChI is InChI=1S/C25H30N4O4/c1-4-29-24(31)28-16-18-13-19(32-2)14-21(33-3)20(18)5-6-22(28)25(29)8-11-27(12-9-25)23(30)17-7-10-26-15-17/h6-7,10,13-15,26H,4-5,8-9,11-12,16H2,1-3H3. The Morgan fingerprint density at radius 1 is 1.18 bits per heavy atom. The van der Waals surface area contributed by atoms with Crippen LogP contribution in [0.25, 0.3) is 0 Å². The van der Waals surface area contributed by atoms with Crippen molar-refractivity contribution in [2.75, 3.05) is 33.9 Å². The number of methoxy groups -OCH3 is 2. The number of aromatic nitrogens is 1. The summed E-state index contributed by atoms with van der Waals surface area (Å²) in [5, 5.41) is 0. The number of fused-ring (bicyclic) bond motifs is 3. The fourth-order valence-corrected chi connectivity index (χ4v) is 5.67. The molecule has 2 saturated heterocycles. The van der Waals surface area contributed by atoms with Gasteiger partial charge < -0.3 is 24.3 Å². The Kier molecular flexibility index (Phi) is 5.31. The van der Waals surface area contributed by atoms with E-state index in [1.165, 1.54) is 0 Å². The van der Waals surface area contributed by atoms with Gasteiger partial charge in [-0.3, -0.25) is 9.69 Å². The molecule has 1 N–H and O–H groups in total. The van der Waals surface area contributed by atoms with Crippen molar-refractivity contribution in [3.63, 3.8) is 0 Å². The number of rotatable bonds is 4. The minimum absolute atomic E-state index is 0.0313. The number of carbonyl (C=O) groups excluding carboxylic acids is 2. The van der Waals surface area contributed by atoms with Crippen LogP contribution in [0.4, 0.5) is 4.79 Å². The average Bonchev–Trinajstić information content (AvgIpc) is 3.38. The van der Waals surface area contributed by atoms with Gasteiger partial charge in [-0.15, -0.1) is 0 Å². The Morgan fingerprint density at radius 2 is 1.97 bits per heavy atom. The van der Waals surface area contributed by atoms with Crippen molar-refractivity contribution in [3.8, 4) is 11.5 Å². The molecule has 1 aromatic carbocycles. The number of allylic oxidation sites excluding steroid dienone is 1. The molecule has 8 nitrogen and oxygen atoms in total. The molecular formula is C25H30N4O4. The van der Waals surface area contributed by atoms with Crippen LogP contribution in [-0.2, 0) is 13.0 Å². The maximum atomic E-state index is 13.6. The van der Waals surface area contributed by atoms with Crippen molar-refractivity contribution in [1.29, 1.82) is 0 Å². The first-order chi connectivity index (χ1) is 16.0. The Hall–Kier alpha value is -3.42. The predicted molar refractivity (Wildman–Crippen MR) is 123 cm³/mol. The first kappa shape index (κ1) is 21.4. The highest BCUT2D eigenvalue weighted by atomic mass is 16.5. The number of nitrogens with zero attached hydrogens (tertiary/aromatic N) is 3. The second-order valence-corrected chi connectivity index (χ2v) is 8.80. The maximum Gasteiger partial charge on any atom is 0.325 e. The molecular weight excluding hydrogens is 420 g/mol. The number of carbonyl (C=O) groups is 2. The zero-order valence-electron chi connectivity index (χ0n) is 19.4. The fourth-order valence-electron chi connectivity index (χ4n) is 5.67. The lowest BCUT2D eigenvalue weighted by Crippen LogP contribution is -2.54. The van der Waals surface area contributed by atoms with Crippen LogP contribution in [0.3, 0.4) is 0 Å². The minimum atomic E-state index is -0.389. The highest BCUT2D eigenvalue weighted by Gasteiger charge is 2.54. The van der Waals surface area contributed by atoms with Gasteiger partial charge in [-0.25, -0.2) is 4.79 Å². The van der Waals surface area contributed by atoms with Crippen molar-refractivity contribution in [2.24, 2.45) is 0 Å². The second kappa shape index (κ2) is 8.17. The smallest absolute Gasteiger partial charge is 0.325 e. The number of benzene rings is 1. The van der Waals surface area contributed by atoms with Crippen LogP contribution in [0.5, 0.6) is 11.5 Å². The van der Waals surface area contributed by atoms with E-state index < -0.39 is 0 Å². The summed E-state index contributed by atoms with van der Waals surface area (Å²) in [6.45, 7) is 4.38. The number of amides is 3. The first-order valence-corrected chi connectivity index (χ1v) is 11.5. The van der Waals surface area contributed by atoms with Crippen LogP contribution in [-0.4, -0.2) is 71.0 Å². The summed E-state index contributed by atoms with van der Waals surface area (Å²) in [4.78, 5) is 35.2. The third-order valence-corrected chi connectivity index (χ3v) is 7.34. The third-order valence-electron chi connectivity index (χ3n) is 7.34. The Bertz CT molecular complexity index is 1100. The van der Waals surface area contributed by atoms with E-state index in [1.807, 2.05) is 33.8 Å². The first-order valence-electron chi connectivity index (χ1n) is 11.5. The van der Waals surface area contributed by atoms with E-state index in [2.05, 4.69) is 11.1 Å². The fraction of sp³-hybridized carbons (Fsp3) is 0.440. The normalized spacial score (nSPS) is 19.2. The van der Waals surface area contributed by atoms with Gasteiger partial charge in [0.2, 0.25) is 0 Å². The van der Waals surface area contributed by atoms with E-state index in [0.717, 1.165) is 41.2 Å². The number of likely N-dealkylation sites (N-methyl/N-ethyl adjacent to an activating group) is 1. The van der Waals surface area contributed by atoms with Crippen LogP contribution < -0.4 is 9.47 Å². The number of piperidine rings is 1. The number of hydrogen-bond donors (Lipinski definition) is 1. The summed E-state index contributed by atoms with van der Waals surface area (Å²) in [7, 11) is 3.30. The molecule has 0 radical (unpaired) electrons. The van der Waals surface area contributed by atoms with E-state index in [1.54, 1.807) is 32.7 Å². The molecule has 1 aromatic heterocycles. The molecule has 0 bridgehead atoms. The van der Waals surface area contributed by atoms with Gasteiger partial charge in [0.25, 0.3) is 5.91 Å². The quantitative estimate of drug-likeness (QED) is 0.775.